The standard InChI is InChI=1S/C11H16N6O/c1-7-13-9(16-4-2-8(12)3-5-16)6-10-14-15-11(18)17(7)10/h6,8H,2-5,12H2,1H3,(H,15,18). The van der Waals surface area contributed by atoms with Crippen LogP contribution in [-0.4, -0.2) is 38.7 Å². The smallest absolute Gasteiger partial charge is 0.349 e. The Kier molecular flexibility index (Phi) is 2.55. The average Bonchev–Trinajstić information content (AvgIpc) is 2.72. The van der Waals surface area contributed by atoms with Crippen molar-refractivity contribution in [3.63, 3.8) is 0 Å². The molecule has 0 amide bonds. The first kappa shape index (κ1) is 11.2. The molecule has 0 spiro atoms. The molecule has 0 unspecified atom stereocenters. The molecule has 0 atom stereocenters. The first-order valence-corrected chi connectivity index (χ1v) is 6.10. The lowest BCUT2D eigenvalue weighted by Gasteiger charge is -2.31. The van der Waals surface area contributed by atoms with Crippen LogP contribution in [0, 0.1) is 6.92 Å². The Labute approximate surface area is 104 Å². The Morgan fingerprint density at radius 3 is 2.89 bits per heavy atom. The summed E-state index contributed by atoms with van der Waals surface area (Å²) in [6.45, 7) is 3.61. The van der Waals surface area contributed by atoms with Crippen LogP contribution < -0.4 is 16.3 Å². The van der Waals surface area contributed by atoms with Crippen molar-refractivity contribution in [1.29, 1.82) is 0 Å². The summed E-state index contributed by atoms with van der Waals surface area (Å²) in [6, 6.07) is 2.13. The topological polar surface area (TPSA) is 92.3 Å². The Balaban J connectivity index is 2.00. The molecule has 3 rings (SSSR count). The van der Waals surface area contributed by atoms with Gasteiger partial charge in [-0.25, -0.2) is 19.3 Å². The van der Waals surface area contributed by atoms with Crippen LogP contribution in [0.2, 0.25) is 0 Å². The maximum absolute atomic E-state index is 11.5. The molecule has 1 aliphatic heterocycles. The molecule has 1 fully saturated rings. The minimum atomic E-state index is -0.248. The molecule has 7 heteroatoms. The van der Waals surface area contributed by atoms with E-state index in [9.17, 15) is 4.79 Å². The molecule has 2 aromatic rings. The van der Waals surface area contributed by atoms with Gasteiger partial charge in [0, 0.05) is 25.2 Å². The number of hydrogen-bond donors (Lipinski definition) is 2. The molecule has 3 heterocycles. The second-order valence-corrected chi connectivity index (χ2v) is 4.71. The Bertz CT molecular complexity index is 622. The van der Waals surface area contributed by atoms with Crippen molar-refractivity contribution in [2.75, 3.05) is 18.0 Å². The van der Waals surface area contributed by atoms with Crippen molar-refractivity contribution >= 4 is 11.5 Å². The number of nitrogens with zero attached hydrogens (tertiary/aromatic N) is 4. The lowest BCUT2D eigenvalue weighted by atomic mass is 10.1. The van der Waals surface area contributed by atoms with Crippen molar-refractivity contribution in [2.24, 2.45) is 5.73 Å². The number of nitrogens with one attached hydrogen (secondary N) is 1. The molecule has 18 heavy (non-hydrogen) atoms. The zero-order valence-corrected chi connectivity index (χ0v) is 10.3. The van der Waals surface area contributed by atoms with E-state index in [4.69, 9.17) is 5.73 Å². The summed E-state index contributed by atoms with van der Waals surface area (Å²) in [5.41, 5.74) is 6.25. The number of piperidine rings is 1. The third-order valence-electron chi connectivity index (χ3n) is 3.42. The summed E-state index contributed by atoms with van der Waals surface area (Å²) in [5.74, 6) is 1.52. The van der Waals surface area contributed by atoms with Crippen LogP contribution in [0.25, 0.3) is 5.65 Å². The van der Waals surface area contributed by atoms with Gasteiger partial charge in [-0.3, -0.25) is 0 Å². The fourth-order valence-corrected chi connectivity index (χ4v) is 2.37. The van der Waals surface area contributed by atoms with Crippen molar-refractivity contribution in [3.05, 3.63) is 22.4 Å². The fourth-order valence-electron chi connectivity index (χ4n) is 2.37. The first-order valence-electron chi connectivity index (χ1n) is 6.10. The van der Waals surface area contributed by atoms with Gasteiger partial charge in [0.2, 0.25) is 0 Å². The van der Waals surface area contributed by atoms with Gasteiger partial charge in [-0.15, -0.1) is 0 Å². The Hall–Kier alpha value is -1.89. The second kappa shape index (κ2) is 4.09. The third-order valence-corrected chi connectivity index (χ3v) is 3.42. The monoisotopic (exact) mass is 248 g/mol. The molecule has 1 saturated heterocycles. The van der Waals surface area contributed by atoms with Crippen molar-refractivity contribution in [3.8, 4) is 0 Å². The number of fused-ring (bicyclic) bond motifs is 1. The molecular weight excluding hydrogens is 232 g/mol. The number of nitrogens with two attached hydrogens (primary N) is 1. The quantitative estimate of drug-likeness (QED) is 0.720. The van der Waals surface area contributed by atoms with Crippen LogP contribution in [0.1, 0.15) is 18.7 Å². The van der Waals surface area contributed by atoms with Crippen LogP contribution >= 0.6 is 0 Å². The van der Waals surface area contributed by atoms with E-state index in [2.05, 4.69) is 20.1 Å². The fraction of sp³-hybridized carbons (Fsp3) is 0.545. The van der Waals surface area contributed by atoms with Gasteiger partial charge in [0.05, 0.1) is 0 Å². The second-order valence-electron chi connectivity index (χ2n) is 4.71. The highest BCUT2D eigenvalue weighted by Crippen LogP contribution is 2.18. The summed E-state index contributed by atoms with van der Waals surface area (Å²) in [5, 5.41) is 6.42. The molecule has 0 bridgehead atoms. The number of aryl methyl sites for hydroxylation is 1. The molecule has 0 aliphatic carbocycles. The van der Waals surface area contributed by atoms with Crippen LogP contribution in [0.4, 0.5) is 5.82 Å². The van der Waals surface area contributed by atoms with Crippen LogP contribution in [-0.2, 0) is 0 Å². The van der Waals surface area contributed by atoms with Crippen molar-refractivity contribution < 1.29 is 0 Å². The number of aromatic nitrogens is 4. The Morgan fingerprint density at radius 2 is 2.17 bits per heavy atom. The van der Waals surface area contributed by atoms with Gasteiger partial charge in [0.15, 0.2) is 5.65 Å². The highest BCUT2D eigenvalue weighted by atomic mass is 16.1. The zero-order chi connectivity index (χ0) is 12.7. The number of aromatic amines is 1. The van der Waals surface area contributed by atoms with E-state index >= 15 is 0 Å². The van der Waals surface area contributed by atoms with Crippen LogP contribution in [0.3, 0.4) is 0 Å². The van der Waals surface area contributed by atoms with Crippen molar-refractivity contribution in [1.82, 2.24) is 19.6 Å². The predicted molar refractivity (Wildman–Crippen MR) is 67.8 cm³/mol. The lowest BCUT2D eigenvalue weighted by Crippen LogP contribution is -2.40. The van der Waals surface area contributed by atoms with E-state index in [1.54, 1.807) is 0 Å². The molecule has 0 aromatic carbocycles. The first-order chi connectivity index (χ1) is 8.65. The van der Waals surface area contributed by atoms with E-state index in [0.717, 1.165) is 31.7 Å². The molecule has 0 radical (unpaired) electrons. The van der Waals surface area contributed by atoms with Gasteiger partial charge >= 0.3 is 5.69 Å². The Morgan fingerprint density at radius 1 is 1.44 bits per heavy atom. The van der Waals surface area contributed by atoms with Gasteiger partial charge < -0.3 is 10.6 Å². The molecule has 3 N–H and O–H groups in total. The van der Waals surface area contributed by atoms with E-state index in [0.29, 0.717) is 17.5 Å². The summed E-state index contributed by atoms with van der Waals surface area (Å²) < 4.78 is 1.47. The molecule has 2 aromatic heterocycles. The third kappa shape index (κ3) is 1.76. The molecule has 96 valence electrons. The number of rotatable bonds is 1. The largest absolute Gasteiger partial charge is 0.356 e. The van der Waals surface area contributed by atoms with Gasteiger partial charge in [0.1, 0.15) is 11.6 Å². The van der Waals surface area contributed by atoms with E-state index in [1.807, 2.05) is 13.0 Å². The zero-order valence-electron chi connectivity index (χ0n) is 10.3. The SMILES string of the molecule is Cc1nc(N2CCC(N)CC2)cc2n[nH]c(=O)n12. The highest BCUT2D eigenvalue weighted by Gasteiger charge is 2.18. The number of H-pyrrole nitrogens is 1. The predicted octanol–water partition coefficient (Wildman–Crippen LogP) is -0.346. The lowest BCUT2D eigenvalue weighted by molar-refractivity contribution is 0.498. The molecule has 1 aliphatic rings. The maximum Gasteiger partial charge on any atom is 0.349 e. The van der Waals surface area contributed by atoms with E-state index < -0.39 is 0 Å². The summed E-state index contributed by atoms with van der Waals surface area (Å²) >= 11 is 0. The van der Waals surface area contributed by atoms with Crippen LogP contribution in [0.15, 0.2) is 10.9 Å². The van der Waals surface area contributed by atoms with Gasteiger partial charge in [-0.2, -0.15) is 5.10 Å². The molecule has 7 nitrogen and oxygen atoms in total. The van der Waals surface area contributed by atoms with E-state index in [-0.39, 0.29) is 5.69 Å². The average molecular weight is 248 g/mol. The maximum atomic E-state index is 11.5. The summed E-state index contributed by atoms with van der Waals surface area (Å²) in [7, 11) is 0. The summed E-state index contributed by atoms with van der Waals surface area (Å²) in [4.78, 5) is 18.2. The van der Waals surface area contributed by atoms with Crippen molar-refractivity contribution in [2.45, 2.75) is 25.8 Å². The van der Waals surface area contributed by atoms with E-state index in [1.165, 1.54) is 4.40 Å². The number of hydrogen-bond acceptors (Lipinski definition) is 5. The van der Waals surface area contributed by atoms with Gasteiger partial charge in [0.25, 0.3) is 0 Å². The normalized spacial score (nSPS) is 17.6. The minimum absolute atomic E-state index is 0.248. The highest BCUT2D eigenvalue weighted by molar-refractivity contribution is 5.51. The van der Waals surface area contributed by atoms with Gasteiger partial charge in [-0.05, 0) is 19.8 Å². The summed E-state index contributed by atoms with van der Waals surface area (Å²) in [6.07, 6.45) is 1.94. The molecule has 0 saturated carbocycles. The van der Waals surface area contributed by atoms with Crippen LogP contribution in [0.5, 0.6) is 0 Å². The molecular formula is C11H16N6O. The number of anilines is 1. The van der Waals surface area contributed by atoms with Gasteiger partial charge in [-0.1, -0.05) is 0 Å². The minimum Gasteiger partial charge on any atom is -0.356 e.